The summed E-state index contributed by atoms with van der Waals surface area (Å²) in [6, 6.07) is 6.17. The predicted molar refractivity (Wildman–Crippen MR) is 66.9 cm³/mol. The number of aromatic hydroxyl groups is 1. The molecule has 0 aliphatic carbocycles. The number of aryl methyl sites for hydroxylation is 2. The third-order valence-corrected chi connectivity index (χ3v) is 3.96. The van der Waals surface area contributed by atoms with Gasteiger partial charge in [0.05, 0.1) is 11.9 Å². The molecular formula is C11H13N3O3S. The molecule has 7 heteroatoms. The maximum atomic E-state index is 12.1. The molecule has 2 rings (SSSR count). The molecule has 0 unspecified atom stereocenters. The number of aromatic nitrogens is 2. The first-order chi connectivity index (χ1) is 8.42. The number of sulfonamides is 1. The summed E-state index contributed by atoms with van der Waals surface area (Å²) >= 11 is 0. The van der Waals surface area contributed by atoms with Gasteiger partial charge in [0.1, 0.15) is 5.75 Å². The van der Waals surface area contributed by atoms with Crippen LogP contribution in [-0.2, 0) is 17.1 Å². The van der Waals surface area contributed by atoms with Crippen LogP contribution in [0.2, 0.25) is 0 Å². The Morgan fingerprint density at radius 2 is 2.06 bits per heavy atom. The summed E-state index contributed by atoms with van der Waals surface area (Å²) in [7, 11) is -2.22. The quantitative estimate of drug-likeness (QED) is 0.819. The molecule has 2 N–H and O–H groups in total. The molecule has 0 aliphatic rings. The predicted octanol–water partition coefficient (Wildman–Crippen LogP) is 1.23. The monoisotopic (exact) mass is 267 g/mol. The summed E-state index contributed by atoms with van der Waals surface area (Å²) in [6.45, 7) is 1.71. The highest BCUT2D eigenvalue weighted by Gasteiger charge is 2.20. The largest absolute Gasteiger partial charge is 0.506 e. The topological polar surface area (TPSA) is 84.2 Å². The Morgan fingerprint density at radius 1 is 1.33 bits per heavy atom. The maximum absolute atomic E-state index is 12.1. The standard InChI is InChI=1S/C11H13N3O3S/c1-8-4-3-5-9(15)11(8)13-18(16,17)10-6-7-12-14(10)2/h3-7,13,15H,1-2H3. The van der Waals surface area contributed by atoms with E-state index in [4.69, 9.17) is 0 Å². The number of phenolic OH excluding ortho intramolecular Hbond substituents is 1. The Hall–Kier alpha value is -2.02. The molecule has 0 bridgehead atoms. The number of para-hydroxylation sites is 1. The minimum Gasteiger partial charge on any atom is -0.506 e. The van der Waals surface area contributed by atoms with Crippen LogP contribution in [0.4, 0.5) is 5.69 Å². The van der Waals surface area contributed by atoms with Crippen molar-refractivity contribution in [2.45, 2.75) is 11.9 Å². The van der Waals surface area contributed by atoms with Gasteiger partial charge in [-0.3, -0.25) is 9.40 Å². The molecule has 2 aromatic rings. The molecule has 0 radical (unpaired) electrons. The van der Waals surface area contributed by atoms with E-state index in [2.05, 4.69) is 9.82 Å². The van der Waals surface area contributed by atoms with E-state index in [9.17, 15) is 13.5 Å². The Morgan fingerprint density at radius 3 is 2.61 bits per heavy atom. The van der Waals surface area contributed by atoms with Gasteiger partial charge in [-0.2, -0.15) is 13.5 Å². The lowest BCUT2D eigenvalue weighted by Crippen LogP contribution is -2.17. The lowest BCUT2D eigenvalue weighted by molar-refractivity contribution is 0.477. The van der Waals surface area contributed by atoms with Gasteiger partial charge in [-0.05, 0) is 24.6 Å². The van der Waals surface area contributed by atoms with Crippen molar-refractivity contribution in [1.29, 1.82) is 0 Å². The van der Waals surface area contributed by atoms with Crippen molar-refractivity contribution < 1.29 is 13.5 Å². The van der Waals surface area contributed by atoms with Gasteiger partial charge in [0.2, 0.25) is 0 Å². The second kappa shape index (κ2) is 4.34. The van der Waals surface area contributed by atoms with Crippen LogP contribution in [0, 0.1) is 6.92 Å². The first-order valence-electron chi connectivity index (χ1n) is 5.21. The summed E-state index contributed by atoms with van der Waals surface area (Å²) in [5.74, 6) is -0.110. The Kier molecular flexibility index (Phi) is 3.00. The van der Waals surface area contributed by atoms with Crippen molar-refractivity contribution in [1.82, 2.24) is 9.78 Å². The zero-order valence-corrected chi connectivity index (χ0v) is 10.8. The van der Waals surface area contributed by atoms with Gasteiger partial charge in [-0.15, -0.1) is 0 Å². The molecule has 6 nitrogen and oxygen atoms in total. The fourth-order valence-corrected chi connectivity index (χ4v) is 2.87. The molecule has 0 spiro atoms. The second-order valence-electron chi connectivity index (χ2n) is 3.87. The number of hydrogen-bond donors (Lipinski definition) is 2. The average molecular weight is 267 g/mol. The zero-order valence-electron chi connectivity index (χ0n) is 9.95. The lowest BCUT2D eigenvalue weighted by Gasteiger charge is -2.11. The van der Waals surface area contributed by atoms with Crippen LogP contribution in [0.3, 0.4) is 0 Å². The molecule has 0 saturated heterocycles. The van der Waals surface area contributed by atoms with E-state index in [0.717, 1.165) is 0 Å². The number of phenols is 1. The van der Waals surface area contributed by atoms with Crippen LogP contribution < -0.4 is 4.72 Å². The van der Waals surface area contributed by atoms with Gasteiger partial charge >= 0.3 is 0 Å². The third kappa shape index (κ3) is 2.17. The molecule has 1 aromatic carbocycles. The summed E-state index contributed by atoms with van der Waals surface area (Å²) < 4.78 is 27.8. The summed E-state index contributed by atoms with van der Waals surface area (Å²) in [5.41, 5.74) is 0.819. The average Bonchev–Trinajstić information content (AvgIpc) is 2.71. The molecule has 0 atom stereocenters. The first-order valence-corrected chi connectivity index (χ1v) is 6.69. The Labute approximate surface area is 105 Å². The molecule has 0 aliphatic heterocycles. The van der Waals surface area contributed by atoms with Crippen molar-refractivity contribution in [3.63, 3.8) is 0 Å². The SMILES string of the molecule is Cc1cccc(O)c1NS(=O)(=O)c1ccnn1C. The summed E-state index contributed by atoms with van der Waals surface area (Å²) in [4.78, 5) is 0. The van der Waals surface area contributed by atoms with E-state index in [-0.39, 0.29) is 16.5 Å². The van der Waals surface area contributed by atoms with Crippen LogP contribution >= 0.6 is 0 Å². The molecule has 0 saturated carbocycles. The van der Waals surface area contributed by atoms with E-state index in [0.29, 0.717) is 5.56 Å². The fraction of sp³-hybridized carbons (Fsp3) is 0.182. The molecule has 96 valence electrons. The Balaban J connectivity index is 2.44. The van der Waals surface area contributed by atoms with E-state index in [1.165, 1.54) is 30.1 Å². The Bertz CT molecular complexity index is 656. The number of hydrogen-bond acceptors (Lipinski definition) is 4. The van der Waals surface area contributed by atoms with Gasteiger partial charge < -0.3 is 5.11 Å². The normalized spacial score (nSPS) is 11.4. The zero-order chi connectivity index (χ0) is 13.3. The fourth-order valence-electron chi connectivity index (χ4n) is 1.60. The number of nitrogens with one attached hydrogen (secondary N) is 1. The molecule has 18 heavy (non-hydrogen) atoms. The smallest absolute Gasteiger partial charge is 0.279 e. The number of anilines is 1. The van der Waals surface area contributed by atoms with Crippen molar-refractivity contribution in [3.05, 3.63) is 36.0 Å². The van der Waals surface area contributed by atoms with E-state index in [1.54, 1.807) is 19.1 Å². The number of rotatable bonds is 3. The summed E-state index contributed by atoms with van der Waals surface area (Å²) in [5, 5.41) is 13.5. The van der Waals surface area contributed by atoms with Gasteiger partial charge in [0.15, 0.2) is 5.03 Å². The van der Waals surface area contributed by atoms with Crippen LogP contribution in [-0.4, -0.2) is 23.3 Å². The van der Waals surface area contributed by atoms with Crippen molar-refractivity contribution in [2.75, 3.05) is 4.72 Å². The van der Waals surface area contributed by atoms with Gasteiger partial charge in [0, 0.05) is 7.05 Å². The number of benzene rings is 1. The molecule has 0 fully saturated rings. The van der Waals surface area contributed by atoms with Crippen LogP contribution in [0.25, 0.3) is 0 Å². The minimum absolute atomic E-state index is 0.0325. The van der Waals surface area contributed by atoms with Crippen LogP contribution in [0.5, 0.6) is 5.75 Å². The van der Waals surface area contributed by atoms with Crippen molar-refractivity contribution in [3.8, 4) is 5.75 Å². The number of nitrogens with zero attached hydrogens (tertiary/aromatic N) is 2. The highest BCUT2D eigenvalue weighted by Crippen LogP contribution is 2.28. The summed E-state index contributed by atoms with van der Waals surface area (Å²) in [6.07, 6.45) is 1.40. The van der Waals surface area contributed by atoms with Crippen LogP contribution in [0.15, 0.2) is 35.5 Å². The first kappa shape index (κ1) is 12.4. The maximum Gasteiger partial charge on any atom is 0.279 e. The highest BCUT2D eigenvalue weighted by molar-refractivity contribution is 7.92. The van der Waals surface area contributed by atoms with Crippen molar-refractivity contribution in [2.24, 2.45) is 7.05 Å². The second-order valence-corrected chi connectivity index (χ2v) is 5.50. The van der Waals surface area contributed by atoms with Gasteiger partial charge in [-0.25, -0.2) is 0 Å². The van der Waals surface area contributed by atoms with Gasteiger partial charge in [-0.1, -0.05) is 12.1 Å². The lowest BCUT2D eigenvalue weighted by atomic mass is 10.2. The van der Waals surface area contributed by atoms with Crippen LogP contribution in [0.1, 0.15) is 5.56 Å². The van der Waals surface area contributed by atoms with E-state index >= 15 is 0 Å². The molecule has 1 aromatic heterocycles. The third-order valence-electron chi connectivity index (χ3n) is 2.54. The molecule has 0 amide bonds. The minimum atomic E-state index is -3.76. The van der Waals surface area contributed by atoms with Gasteiger partial charge in [0.25, 0.3) is 10.0 Å². The molecular weight excluding hydrogens is 254 g/mol. The van der Waals surface area contributed by atoms with Crippen molar-refractivity contribution >= 4 is 15.7 Å². The van der Waals surface area contributed by atoms with E-state index < -0.39 is 10.0 Å². The highest BCUT2D eigenvalue weighted by atomic mass is 32.2. The van der Waals surface area contributed by atoms with E-state index in [1.807, 2.05) is 0 Å². The molecule has 1 heterocycles.